The Morgan fingerprint density at radius 1 is 1.20 bits per heavy atom. The van der Waals surface area contributed by atoms with Crippen LogP contribution in [0.15, 0.2) is 24.3 Å². The van der Waals surface area contributed by atoms with E-state index in [1.54, 1.807) is 0 Å². The van der Waals surface area contributed by atoms with E-state index < -0.39 is 29.5 Å². The first-order chi connectivity index (χ1) is 14.4. The van der Waals surface area contributed by atoms with Gasteiger partial charge in [0.2, 0.25) is 5.91 Å². The van der Waals surface area contributed by atoms with E-state index in [9.17, 15) is 19.2 Å². The number of methoxy groups -OCH3 is 1. The van der Waals surface area contributed by atoms with Crippen molar-refractivity contribution in [3.63, 3.8) is 0 Å². The van der Waals surface area contributed by atoms with Gasteiger partial charge in [0.25, 0.3) is 5.91 Å². The van der Waals surface area contributed by atoms with Crippen molar-refractivity contribution in [1.82, 2.24) is 15.1 Å². The normalized spacial score (nSPS) is 28.3. The number of hydrogen-bond acceptors (Lipinski definition) is 5. The summed E-state index contributed by atoms with van der Waals surface area (Å²) >= 11 is 0. The molecule has 2 aliphatic heterocycles. The van der Waals surface area contributed by atoms with Gasteiger partial charge >= 0.3 is 12.0 Å². The van der Waals surface area contributed by atoms with E-state index in [4.69, 9.17) is 4.74 Å². The highest BCUT2D eigenvalue weighted by Crippen LogP contribution is 2.38. The fourth-order valence-corrected chi connectivity index (χ4v) is 5.00. The van der Waals surface area contributed by atoms with Crippen molar-refractivity contribution in [2.24, 2.45) is 5.92 Å². The van der Waals surface area contributed by atoms with Gasteiger partial charge in [-0.2, -0.15) is 0 Å². The first kappa shape index (κ1) is 20.4. The number of imide groups is 1. The summed E-state index contributed by atoms with van der Waals surface area (Å²) in [4.78, 5) is 53.8. The predicted octanol–water partition coefficient (Wildman–Crippen LogP) is 1.61. The highest BCUT2D eigenvalue weighted by molar-refractivity contribution is 6.09. The van der Waals surface area contributed by atoms with Crippen LogP contribution in [0.2, 0.25) is 0 Å². The molecule has 4 amide bonds. The van der Waals surface area contributed by atoms with Crippen molar-refractivity contribution < 1.29 is 23.9 Å². The van der Waals surface area contributed by atoms with E-state index in [0.29, 0.717) is 12.8 Å². The molecule has 1 aliphatic carbocycles. The highest BCUT2D eigenvalue weighted by Gasteiger charge is 2.55. The number of benzene rings is 1. The molecule has 4 rings (SSSR count). The monoisotopic (exact) mass is 413 g/mol. The standard InChI is InChI=1S/C22H27N3O5/c1-14-7-5-6-10-22(14)20(28)25(21(29)23-22)13-18(26)24-12-16-9-4-3-8-15(16)11-17(24)19(27)30-2/h3-4,8-9,14,17H,5-7,10-13H2,1-2H3,(H,23,29)/t14-,17+,22-/m0/s1. The lowest BCUT2D eigenvalue weighted by Crippen LogP contribution is -2.55. The Morgan fingerprint density at radius 3 is 2.63 bits per heavy atom. The van der Waals surface area contributed by atoms with Gasteiger partial charge in [-0.05, 0) is 29.9 Å². The summed E-state index contributed by atoms with van der Waals surface area (Å²) in [6, 6.07) is 6.30. The molecule has 2 fully saturated rings. The van der Waals surface area contributed by atoms with Gasteiger partial charge in [0.05, 0.1) is 7.11 Å². The Hall–Kier alpha value is -2.90. The molecule has 1 saturated heterocycles. The fourth-order valence-electron chi connectivity index (χ4n) is 5.00. The molecule has 30 heavy (non-hydrogen) atoms. The Kier molecular flexibility index (Phi) is 5.26. The van der Waals surface area contributed by atoms with Gasteiger partial charge in [0, 0.05) is 13.0 Å². The second-order valence-electron chi connectivity index (χ2n) is 8.47. The number of amides is 4. The quantitative estimate of drug-likeness (QED) is 0.600. The minimum Gasteiger partial charge on any atom is -0.467 e. The number of nitrogens with zero attached hydrogens (tertiary/aromatic N) is 2. The molecular weight excluding hydrogens is 386 g/mol. The zero-order valence-corrected chi connectivity index (χ0v) is 17.3. The summed E-state index contributed by atoms with van der Waals surface area (Å²) in [5.74, 6) is -1.26. The maximum Gasteiger partial charge on any atom is 0.328 e. The lowest BCUT2D eigenvalue weighted by Gasteiger charge is -2.37. The van der Waals surface area contributed by atoms with E-state index in [0.717, 1.165) is 35.3 Å². The van der Waals surface area contributed by atoms with Crippen molar-refractivity contribution in [3.8, 4) is 0 Å². The SMILES string of the molecule is COC(=O)[C@H]1Cc2ccccc2CN1C(=O)CN1C(=O)N[C@]2(CCCC[C@@H]2C)C1=O. The molecule has 3 aliphatic rings. The van der Waals surface area contributed by atoms with Gasteiger partial charge < -0.3 is 15.0 Å². The molecule has 2 heterocycles. The van der Waals surface area contributed by atoms with Crippen molar-refractivity contribution in [1.29, 1.82) is 0 Å². The van der Waals surface area contributed by atoms with Gasteiger partial charge in [-0.25, -0.2) is 9.59 Å². The van der Waals surface area contributed by atoms with Crippen molar-refractivity contribution >= 4 is 23.8 Å². The molecule has 0 unspecified atom stereocenters. The second kappa shape index (κ2) is 7.74. The summed E-state index contributed by atoms with van der Waals surface area (Å²) in [6.07, 6.45) is 3.69. The Balaban J connectivity index is 1.55. The molecule has 0 radical (unpaired) electrons. The molecule has 8 heteroatoms. The maximum atomic E-state index is 13.2. The number of urea groups is 1. The lowest BCUT2D eigenvalue weighted by molar-refractivity contribution is -0.154. The largest absolute Gasteiger partial charge is 0.467 e. The van der Waals surface area contributed by atoms with Crippen LogP contribution in [0.4, 0.5) is 4.79 Å². The fraction of sp³-hybridized carbons (Fsp3) is 0.545. The third-order valence-corrected chi connectivity index (χ3v) is 6.84. The molecule has 1 N–H and O–H groups in total. The molecule has 1 aromatic rings. The number of rotatable bonds is 3. The van der Waals surface area contributed by atoms with E-state index in [-0.39, 0.29) is 24.9 Å². The molecule has 1 aromatic carbocycles. The summed E-state index contributed by atoms with van der Waals surface area (Å²) < 4.78 is 4.91. The minimum atomic E-state index is -0.911. The smallest absolute Gasteiger partial charge is 0.328 e. The zero-order valence-electron chi connectivity index (χ0n) is 17.3. The molecule has 160 valence electrons. The van der Waals surface area contributed by atoms with Crippen LogP contribution in [-0.4, -0.2) is 58.8 Å². The first-order valence-corrected chi connectivity index (χ1v) is 10.5. The third-order valence-electron chi connectivity index (χ3n) is 6.84. The number of hydrogen-bond donors (Lipinski definition) is 1. The number of ether oxygens (including phenoxy) is 1. The van der Waals surface area contributed by atoms with Crippen LogP contribution in [0.25, 0.3) is 0 Å². The Bertz CT molecular complexity index is 901. The van der Waals surface area contributed by atoms with Crippen LogP contribution in [-0.2, 0) is 32.1 Å². The first-order valence-electron chi connectivity index (χ1n) is 10.5. The minimum absolute atomic E-state index is 0.0208. The molecular formula is C22H27N3O5. The van der Waals surface area contributed by atoms with Crippen LogP contribution >= 0.6 is 0 Å². The van der Waals surface area contributed by atoms with Crippen LogP contribution in [0.1, 0.15) is 43.7 Å². The van der Waals surface area contributed by atoms with Gasteiger partial charge in [0.1, 0.15) is 18.1 Å². The number of carbonyl (C=O) groups excluding carboxylic acids is 4. The molecule has 3 atom stereocenters. The van der Waals surface area contributed by atoms with Crippen LogP contribution in [0.5, 0.6) is 0 Å². The maximum absolute atomic E-state index is 13.2. The molecule has 1 spiro atoms. The zero-order chi connectivity index (χ0) is 21.5. The van der Waals surface area contributed by atoms with Crippen molar-refractivity contribution in [2.45, 2.75) is 57.2 Å². The topological polar surface area (TPSA) is 96.0 Å². The van der Waals surface area contributed by atoms with Gasteiger partial charge in [-0.3, -0.25) is 14.5 Å². The average molecular weight is 413 g/mol. The summed E-state index contributed by atoms with van der Waals surface area (Å²) in [5, 5.41) is 2.86. The van der Waals surface area contributed by atoms with E-state index >= 15 is 0 Å². The predicted molar refractivity (Wildman–Crippen MR) is 107 cm³/mol. The molecule has 8 nitrogen and oxygen atoms in total. The highest BCUT2D eigenvalue weighted by atomic mass is 16.5. The van der Waals surface area contributed by atoms with E-state index in [1.807, 2.05) is 31.2 Å². The van der Waals surface area contributed by atoms with E-state index in [1.165, 1.54) is 12.0 Å². The van der Waals surface area contributed by atoms with E-state index in [2.05, 4.69) is 5.32 Å². The lowest BCUT2D eigenvalue weighted by atomic mass is 9.73. The number of carbonyl (C=O) groups is 4. The van der Waals surface area contributed by atoms with Gasteiger partial charge in [0.15, 0.2) is 0 Å². The molecule has 1 saturated carbocycles. The number of nitrogens with one attached hydrogen (secondary N) is 1. The Labute approximate surface area is 175 Å². The molecule has 0 aromatic heterocycles. The van der Waals surface area contributed by atoms with Gasteiger partial charge in [-0.1, -0.05) is 44.0 Å². The van der Waals surface area contributed by atoms with Crippen LogP contribution < -0.4 is 5.32 Å². The molecule has 0 bridgehead atoms. The summed E-state index contributed by atoms with van der Waals surface area (Å²) in [7, 11) is 1.29. The van der Waals surface area contributed by atoms with Crippen LogP contribution in [0.3, 0.4) is 0 Å². The number of fused-ring (bicyclic) bond motifs is 1. The van der Waals surface area contributed by atoms with Crippen molar-refractivity contribution in [3.05, 3.63) is 35.4 Å². The summed E-state index contributed by atoms with van der Waals surface area (Å²) in [6.45, 7) is 1.83. The number of esters is 1. The van der Waals surface area contributed by atoms with Crippen molar-refractivity contribution in [2.75, 3.05) is 13.7 Å². The third kappa shape index (κ3) is 3.24. The summed E-state index contributed by atoms with van der Waals surface area (Å²) in [5.41, 5.74) is 1.02. The van der Waals surface area contributed by atoms with Gasteiger partial charge in [-0.15, -0.1) is 0 Å². The second-order valence-corrected chi connectivity index (χ2v) is 8.47. The average Bonchev–Trinajstić information content (AvgIpc) is 2.99. The Morgan fingerprint density at radius 2 is 1.93 bits per heavy atom. The van der Waals surface area contributed by atoms with Crippen LogP contribution in [0, 0.1) is 5.92 Å².